The van der Waals surface area contributed by atoms with Gasteiger partial charge >= 0.3 is 0 Å². The summed E-state index contributed by atoms with van der Waals surface area (Å²) in [4.78, 5) is 7.40. The molecule has 0 fully saturated rings. The van der Waals surface area contributed by atoms with Crippen LogP contribution in [0.2, 0.25) is 0 Å². The Balaban J connectivity index is 1.31. The first-order valence-electron chi connectivity index (χ1n) is 20.3. The lowest BCUT2D eigenvalue weighted by atomic mass is 9.35. The Bertz CT molecular complexity index is 2770. The highest BCUT2D eigenvalue weighted by atomic mass is 16.3. The second-order valence-corrected chi connectivity index (χ2v) is 17.2. The highest BCUT2D eigenvalue weighted by Gasteiger charge is 2.49. The predicted octanol–water partition coefficient (Wildman–Crippen LogP) is 12.3. The lowest BCUT2D eigenvalue weighted by molar-refractivity contribution is 0.332. The zero-order chi connectivity index (χ0) is 38.5. The number of hydrogen-bond acceptors (Lipinski definition) is 4. The van der Waals surface area contributed by atoms with Gasteiger partial charge in [0.2, 0.25) is 0 Å². The quantitative estimate of drug-likeness (QED) is 0.164. The molecule has 0 saturated carbocycles. The van der Waals surface area contributed by atoms with Crippen molar-refractivity contribution in [1.29, 1.82) is 0 Å². The van der Waals surface area contributed by atoms with Crippen LogP contribution >= 0.6 is 0 Å². The van der Waals surface area contributed by atoms with Gasteiger partial charge in [-0.2, -0.15) is 0 Å². The van der Waals surface area contributed by atoms with Gasteiger partial charge in [0.15, 0.2) is 0 Å². The van der Waals surface area contributed by atoms with Crippen molar-refractivity contribution in [3.05, 3.63) is 181 Å². The van der Waals surface area contributed by atoms with E-state index in [9.17, 15) is 0 Å². The summed E-state index contributed by atoms with van der Waals surface area (Å²) in [6, 6.07) is 61.8. The molecule has 0 atom stereocenters. The van der Waals surface area contributed by atoms with Crippen LogP contribution in [0.15, 0.2) is 174 Å². The largest absolute Gasteiger partial charge is 0.468 e. The average molecular weight is 738 g/mol. The lowest BCUT2D eigenvalue weighted by Crippen LogP contribution is -2.61. The third-order valence-electron chi connectivity index (χ3n) is 12.8. The Morgan fingerprint density at radius 1 is 0.509 bits per heavy atom. The van der Waals surface area contributed by atoms with Gasteiger partial charge in [0.1, 0.15) is 5.58 Å². The summed E-state index contributed by atoms with van der Waals surface area (Å²) in [5, 5.41) is 1.11. The number of benzene rings is 7. The third-order valence-corrected chi connectivity index (χ3v) is 12.8. The molecule has 0 bridgehead atoms. The number of fused-ring (bicyclic) bond motifs is 7. The van der Waals surface area contributed by atoms with Gasteiger partial charge < -0.3 is 19.1 Å². The van der Waals surface area contributed by atoms with E-state index in [1.54, 1.807) is 0 Å². The van der Waals surface area contributed by atoms with Gasteiger partial charge in [-0.05, 0) is 125 Å². The normalized spacial score (nSPS) is 15.8. The fourth-order valence-electron chi connectivity index (χ4n) is 9.90. The van der Waals surface area contributed by atoms with Crippen LogP contribution in [0.5, 0.6) is 0 Å². The molecule has 1 aromatic heterocycles. The third kappa shape index (κ3) is 5.14. The molecule has 1 aliphatic carbocycles. The molecule has 0 radical (unpaired) electrons. The molecular weight excluding hydrogens is 693 g/mol. The molecule has 2 aliphatic heterocycles. The summed E-state index contributed by atoms with van der Waals surface area (Å²) in [6.07, 6.45) is 2.30. The SMILES string of the molecule is CC1(C)CCC(C)(C)c2cc3c(cc21)B1c2oc4ccccc4c2N(c2ccccc2)c2cc(N(c4ccccc4)c4ccccc4)cc(c21)N3c1ccccc1. The minimum atomic E-state index is -0.130. The van der Waals surface area contributed by atoms with Crippen LogP contribution < -0.4 is 31.3 Å². The summed E-state index contributed by atoms with van der Waals surface area (Å²) in [5.74, 6) is 0. The average Bonchev–Trinajstić information content (AvgIpc) is 3.63. The monoisotopic (exact) mass is 737 g/mol. The zero-order valence-electron chi connectivity index (χ0n) is 32.9. The molecule has 276 valence electrons. The van der Waals surface area contributed by atoms with Crippen LogP contribution in [0, 0.1) is 0 Å². The number of hydrogen-bond donors (Lipinski definition) is 0. The van der Waals surface area contributed by atoms with Crippen molar-refractivity contribution >= 4 is 85.5 Å². The molecule has 4 nitrogen and oxygen atoms in total. The first kappa shape index (κ1) is 33.8. The van der Waals surface area contributed by atoms with Gasteiger partial charge in [0.25, 0.3) is 6.71 Å². The van der Waals surface area contributed by atoms with Crippen molar-refractivity contribution < 1.29 is 4.42 Å². The summed E-state index contributed by atoms with van der Waals surface area (Å²) < 4.78 is 7.17. The van der Waals surface area contributed by atoms with E-state index in [-0.39, 0.29) is 17.5 Å². The van der Waals surface area contributed by atoms with Crippen LogP contribution in [-0.4, -0.2) is 6.71 Å². The van der Waals surface area contributed by atoms with E-state index in [1.165, 1.54) is 27.7 Å². The van der Waals surface area contributed by atoms with Crippen LogP contribution in [0.1, 0.15) is 51.7 Å². The van der Waals surface area contributed by atoms with Gasteiger partial charge in [-0.3, -0.25) is 0 Å². The van der Waals surface area contributed by atoms with E-state index in [4.69, 9.17) is 4.42 Å². The molecule has 0 N–H and O–H groups in total. The van der Waals surface area contributed by atoms with Gasteiger partial charge in [0, 0.05) is 45.2 Å². The highest BCUT2D eigenvalue weighted by Crippen LogP contribution is 2.52. The summed E-state index contributed by atoms with van der Waals surface area (Å²) in [7, 11) is 0. The number of nitrogens with zero attached hydrogens (tertiary/aromatic N) is 3. The Morgan fingerprint density at radius 3 is 1.60 bits per heavy atom. The molecule has 0 amide bonds. The number of rotatable bonds is 5. The van der Waals surface area contributed by atoms with Crippen LogP contribution in [0.25, 0.3) is 11.0 Å². The maximum absolute atomic E-state index is 7.17. The molecule has 3 aliphatic rings. The van der Waals surface area contributed by atoms with Crippen molar-refractivity contribution in [2.24, 2.45) is 0 Å². The molecule has 57 heavy (non-hydrogen) atoms. The molecule has 11 rings (SSSR count). The smallest absolute Gasteiger partial charge is 0.297 e. The van der Waals surface area contributed by atoms with E-state index in [1.807, 2.05) is 0 Å². The molecule has 5 heteroatoms. The van der Waals surface area contributed by atoms with Gasteiger partial charge in [-0.25, -0.2) is 0 Å². The number of furan rings is 1. The van der Waals surface area contributed by atoms with E-state index >= 15 is 0 Å². The fourth-order valence-corrected chi connectivity index (χ4v) is 9.90. The van der Waals surface area contributed by atoms with Gasteiger partial charge in [0.05, 0.1) is 17.0 Å². The minimum absolute atomic E-state index is 0.0359. The molecule has 0 spiro atoms. The summed E-state index contributed by atoms with van der Waals surface area (Å²) in [6.45, 7) is 9.60. The van der Waals surface area contributed by atoms with Crippen molar-refractivity contribution in [3.63, 3.8) is 0 Å². The van der Waals surface area contributed by atoms with Gasteiger partial charge in [-0.15, -0.1) is 0 Å². The van der Waals surface area contributed by atoms with Crippen LogP contribution in [-0.2, 0) is 10.8 Å². The topological polar surface area (TPSA) is 22.9 Å². The predicted molar refractivity (Wildman–Crippen MR) is 240 cm³/mol. The molecular formula is C52H44BN3O. The second-order valence-electron chi connectivity index (χ2n) is 17.2. The summed E-state index contributed by atoms with van der Waals surface area (Å²) >= 11 is 0. The first-order chi connectivity index (χ1) is 27.8. The molecule has 3 heterocycles. The van der Waals surface area contributed by atoms with Crippen molar-refractivity contribution in [3.8, 4) is 0 Å². The summed E-state index contributed by atoms with van der Waals surface area (Å²) in [5.41, 5.74) is 17.6. The van der Waals surface area contributed by atoms with E-state index in [0.717, 1.165) is 75.0 Å². The molecule has 0 unspecified atom stereocenters. The van der Waals surface area contributed by atoms with Crippen molar-refractivity contribution in [2.75, 3.05) is 14.7 Å². The Morgan fingerprint density at radius 2 is 1.00 bits per heavy atom. The Hall–Kier alpha value is -6.46. The highest BCUT2D eigenvalue weighted by molar-refractivity contribution is 7.00. The van der Waals surface area contributed by atoms with E-state index in [2.05, 4.69) is 212 Å². The van der Waals surface area contributed by atoms with Gasteiger partial charge in [-0.1, -0.05) is 119 Å². The number of para-hydroxylation sites is 5. The molecule has 7 aromatic carbocycles. The Labute approximate surface area is 335 Å². The zero-order valence-corrected chi connectivity index (χ0v) is 32.9. The van der Waals surface area contributed by atoms with Crippen LogP contribution in [0.3, 0.4) is 0 Å². The Kier molecular flexibility index (Phi) is 7.44. The lowest BCUT2D eigenvalue weighted by Gasteiger charge is -2.47. The van der Waals surface area contributed by atoms with E-state index in [0.29, 0.717) is 0 Å². The standard InChI is InChI=1S/C52H44BN3O/c1-51(2)29-30-52(3,4)42-34-44-43(33-41(42)51)53-48-45(55(44)37-23-13-7-14-24-37)31-39(54(35-19-9-5-10-20-35)36-21-11-6-12-22-36)32-46(48)56(38-25-15-8-16-26-38)49-40-27-17-18-28-47(40)57-50(49)53/h5-28,31-34H,29-30H2,1-4H3. The maximum atomic E-state index is 7.17. The van der Waals surface area contributed by atoms with Crippen molar-refractivity contribution in [2.45, 2.75) is 51.4 Å². The van der Waals surface area contributed by atoms with Crippen molar-refractivity contribution in [1.82, 2.24) is 0 Å². The van der Waals surface area contributed by atoms with Crippen LogP contribution in [0.4, 0.5) is 51.2 Å². The van der Waals surface area contributed by atoms with E-state index < -0.39 is 0 Å². The maximum Gasteiger partial charge on any atom is 0.297 e. The molecule has 0 saturated heterocycles. The minimum Gasteiger partial charge on any atom is -0.468 e. The fraction of sp³-hybridized carbons (Fsp3) is 0.154. The number of anilines is 9. The molecule has 8 aromatic rings. The first-order valence-corrected chi connectivity index (χ1v) is 20.3. The second kappa shape index (κ2) is 12.5.